The van der Waals surface area contributed by atoms with Gasteiger partial charge < -0.3 is 15.3 Å². The number of halogens is 2. The molecule has 1 rings (SSSR count). The zero-order valence-corrected chi connectivity index (χ0v) is 12.7. The van der Waals surface area contributed by atoms with Crippen LogP contribution in [0.15, 0.2) is 18.2 Å². The quantitative estimate of drug-likeness (QED) is 0.790. The molecule has 0 spiro atoms. The van der Waals surface area contributed by atoms with Gasteiger partial charge in [-0.3, -0.25) is 0 Å². The van der Waals surface area contributed by atoms with Gasteiger partial charge in [0.1, 0.15) is 6.04 Å². The summed E-state index contributed by atoms with van der Waals surface area (Å²) in [5.74, 6) is -1.07. The monoisotopic (exact) mass is 382 g/mol. The Balaban J connectivity index is 2.78. The molecule has 0 fully saturated rings. The van der Waals surface area contributed by atoms with Gasteiger partial charge in [0.2, 0.25) is 0 Å². The zero-order valence-electron chi connectivity index (χ0n) is 9.78. The van der Waals surface area contributed by atoms with E-state index in [0.717, 1.165) is 8.47 Å². The number of likely N-dealkylation sites (N-methyl/N-ethyl adjacent to an activating group) is 1. The molecule has 0 heterocycles. The first kappa shape index (κ1) is 15.0. The van der Waals surface area contributed by atoms with Gasteiger partial charge in [0.25, 0.3) is 0 Å². The maximum absolute atomic E-state index is 11.8. The Morgan fingerprint density at radius 2 is 2.11 bits per heavy atom. The van der Waals surface area contributed by atoms with Crippen LogP contribution < -0.4 is 5.32 Å². The van der Waals surface area contributed by atoms with Gasteiger partial charge in [-0.05, 0) is 47.7 Å². The van der Waals surface area contributed by atoms with Crippen LogP contribution >= 0.6 is 34.2 Å². The average Bonchev–Trinajstić information content (AvgIpc) is 2.30. The third-order valence-electron chi connectivity index (χ3n) is 2.43. The van der Waals surface area contributed by atoms with Crippen molar-refractivity contribution >= 4 is 51.9 Å². The standard InChI is InChI=1S/C11H12ClIN2O3/c1-6(10(16)17)15(2)11(18)14-9-4-3-7(13)5-8(9)12/h3-6H,1-2H3,(H,14,18)(H,16,17). The number of hydrogen-bond acceptors (Lipinski definition) is 2. The Hall–Kier alpha value is -1.02. The van der Waals surface area contributed by atoms with Crippen LogP contribution in [0.3, 0.4) is 0 Å². The molecule has 98 valence electrons. The van der Waals surface area contributed by atoms with Gasteiger partial charge in [0, 0.05) is 10.6 Å². The van der Waals surface area contributed by atoms with Crippen molar-refractivity contribution in [2.24, 2.45) is 0 Å². The topological polar surface area (TPSA) is 69.6 Å². The van der Waals surface area contributed by atoms with Crippen molar-refractivity contribution in [1.82, 2.24) is 4.90 Å². The number of aliphatic carboxylic acids is 1. The predicted octanol–water partition coefficient (Wildman–Crippen LogP) is 2.88. The summed E-state index contributed by atoms with van der Waals surface area (Å²) in [7, 11) is 1.41. The number of nitrogens with zero attached hydrogens (tertiary/aromatic N) is 1. The van der Waals surface area contributed by atoms with Crippen LogP contribution in [0.25, 0.3) is 0 Å². The number of anilines is 1. The van der Waals surface area contributed by atoms with Gasteiger partial charge >= 0.3 is 12.0 Å². The third kappa shape index (κ3) is 3.74. The zero-order chi connectivity index (χ0) is 13.9. The fourth-order valence-corrected chi connectivity index (χ4v) is 2.04. The van der Waals surface area contributed by atoms with Crippen molar-refractivity contribution in [2.75, 3.05) is 12.4 Å². The minimum absolute atomic E-state index is 0.409. The van der Waals surface area contributed by atoms with E-state index in [1.165, 1.54) is 14.0 Å². The molecule has 5 nitrogen and oxygen atoms in total. The van der Waals surface area contributed by atoms with Gasteiger partial charge in [0.15, 0.2) is 0 Å². The number of urea groups is 1. The highest BCUT2D eigenvalue weighted by Crippen LogP contribution is 2.24. The number of carbonyl (C=O) groups is 2. The summed E-state index contributed by atoms with van der Waals surface area (Å²) in [6.07, 6.45) is 0. The van der Waals surface area contributed by atoms with Crippen molar-refractivity contribution in [3.8, 4) is 0 Å². The van der Waals surface area contributed by atoms with Crippen molar-refractivity contribution in [2.45, 2.75) is 13.0 Å². The van der Waals surface area contributed by atoms with E-state index in [1.54, 1.807) is 18.2 Å². The van der Waals surface area contributed by atoms with Crippen molar-refractivity contribution in [3.05, 3.63) is 26.8 Å². The van der Waals surface area contributed by atoms with Crippen LogP contribution in [-0.4, -0.2) is 35.1 Å². The van der Waals surface area contributed by atoms with Gasteiger partial charge in [-0.25, -0.2) is 9.59 Å². The summed E-state index contributed by atoms with van der Waals surface area (Å²) in [5.41, 5.74) is 0.450. The van der Waals surface area contributed by atoms with Crippen LogP contribution in [0.2, 0.25) is 5.02 Å². The summed E-state index contributed by atoms with van der Waals surface area (Å²) >= 11 is 8.07. The van der Waals surface area contributed by atoms with Crippen molar-refractivity contribution in [3.63, 3.8) is 0 Å². The van der Waals surface area contributed by atoms with Crippen LogP contribution in [0.5, 0.6) is 0 Å². The van der Waals surface area contributed by atoms with E-state index in [0.29, 0.717) is 10.7 Å². The summed E-state index contributed by atoms with van der Waals surface area (Å²) < 4.78 is 0.947. The molecule has 1 unspecified atom stereocenters. The lowest BCUT2D eigenvalue weighted by molar-refractivity contribution is -0.141. The number of benzene rings is 1. The molecule has 2 amide bonds. The normalized spacial score (nSPS) is 11.8. The number of nitrogens with one attached hydrogen (secondary N) is 1. The van der Waals surface area contributed by atoms with Crippen molar-refractivity contribution in [1.29, 1.82) is 0 Å². The largest absolute Gasteiger partial charge is 0.480 e. The molecule has 0 aliphatic carbocycles. The number of hydrogen-bond donors (Lipinski definition) is 2. The van der Waals surface area contributed by atoms with Crippen LogP contribution in [0, 0.1) is 3.57 Å². The van der Waals surface area contributed by atoms with Gasteiger partial charge in [-0.2, -0.15) is 0 Å². The van der Waals surface area contributed by atoms with E-state index in [-0.39, 0.29) is 0 Å². The highest BCUT2D eigenvalue weighted by atomic mass is 127. The first-order valence-corrected chi connectivity index (χ1v) is 6.50. The highest BCUT2D eigenvalue weighted by Gasteiger charge is 2.22. The summed E-state index contributed by atoms with van der Waals surface area (Å²) in [6.45, 7) is 1.43. The van der Waals surface area contributed by atoms with Crippen LogP contribution in [0.1, 0.15) is 6.92 Å². The van der Waals surface area contributed by atoms with E-state index in [4.69, 9.17) is 16.7 Å². The molecular weight excluding hydrogens is 370 g/mol. The molecule has 18 heavy (non-hydrogen) atoms. The molecule has 1 atom stereocenters. The van der Waals surface area contributed by atoms with E-state index in [1.807, 2.05) is 0 Å². The summed E-state index contributed by atoms with van der Waals surface area (Å²) in [4.78, 5) is 23.6. The van der Waals surface area contributed by atoms with Gasteiger partial charge in [-0.15, -0.1) is 0 Å². The smallest absolute Gasteiger partial charge is 0.326 e. The molecule has 0 bridgehead atoms. The minimum Gasteiger partial charge on any atom is -0.480 e. The Morgan fingerprint density at radius 3 is 2.61 bits per heavy atom. The first-order chi connectivity index (χ1) is 8.32. The Morgan fingerprint density at radius 1 is 1.50 bits per heavy atom. The second-order valence-electron chi connectivity index (χ2n) is 3.68. The van der Waals surface area contributed by atoms with Crippen LogP contribution in [0.4, 0.5) is 10.5 Å². The maximum Gasteiger partial charge on any atom is 0.326 e. The number of carbonyl (C=O) groups excluding carboxylic acids is 1. The lowest BCUT2D eigenvalue weighted by atomic mass is 10.3. The van der Waals surface area contributed by atoms with E-state index < -0.39 is 18.0 Å². The lowest BCUT2D eigenvalue weighted by Crippen LogP contribution is -2.42. The number of carboxylic acids is 1. The van der Waals surface area contributed by atoms with Crippen molar-refractivity contribution < 1.29 is 14.7 Å². The molecule has 1 aromatic carbocycles. The molecule has 2 N–H and O–H groups in total. The molecule has 0 aliphatic heterocycles. The number of rotatable bonds is 3. The Kier molecular flexibility index (Phi) is 5.21. The molecule has 0 saturated carbocycles. The van der Waals surface area contributed by atoms with Gasteiger partial charge in [-0.1, -0.05) is 11.6 Å². The SMILES string of the molecule is CC(C(=O)O)N(C)C(=O)Nc1ccc(I)cc1Cl. The molecule has 0 radical (unpaired) electrons. The van der Waals surface area contributed by atoms with E-state index in [2.05, 4.69) is 27.9 Å². The summed E-state index contributed by atoms with van der Waals surface area (Å²) in [6, 6.07) is 3.74. The Labute approximate surface area is 123 Å². The molecule has 0 aromatic heterocycles. The van der Waals surface area contributed by atoms with Crippen LogP contribution in [-0.2, 0) is 4.79 Å². The molecule has 0 aliphatic rings. The first-order valence-electron chi connectivity index (χ1n) is 5.04. The minimum atomic E-state index is -1.07. The van der Waals surface area contributed by atoms with E-state index in [9.17, 15) is 9.59 Å². The maximum atomic E-state index is 11.8. The second-order valence-corrected chi connectivity index (χ2v) is 5.33. The van der Waals surface area contributed by atoms with Gasteiger partial charge in [0.05, 0.1) is 10.7 Å². The molecule has 0 saturated heterocycles. The lowest BCUT2D eigenvalue weighted by Gasteiger charge is -2.22. The molecule has 1 aromatic rings. The second kappa shape index (κ2) is 6.24. The fraction of sp³-hybridized carbons (Fsp3) is 0.273. The number of carboxylic acid groups (broad SMARTS) is 1. The Bertz CT molecular complexity index is 481. The third-order valence-corrected chi connectivity index (χ3v) is 3.42. The molecule has 7 heteroatoms. The fourth-order valence-electron chi connectivity index (χ4n) is 1.14. The number of amides is 2. The molecular formula is C11H12ClIN2O3. The predicted molar refractivity (Wildman–Crippen MR) is 78.0 cm³/mol. The average molecular weight is 383 g/mol. The van der Waals surface area contributed by atoms with E-state index >= 15 is 0 Å². The summed E-state index contributed by atoms with van der Waals surface area (Å²) in [5, 5.41) is 11.8. The highest BCUT2D eigenvalue weighted by molar-refractivity contribution is 14.1.